The van der Waals surface area contributed by atoms with Gasteiger partial charge in [-0.2, -0.15) is 4.98 Å². The minimum Gasteiger partial charge on any atom is -0.393 e. The first-order valence-electron chi connectivity index (χ1n) is 7.61. The number of nitrogens with zero attached hydrogens (tertiary/aromatic N) is 3. The fourth-order valence-electron chi connectivity index (χ4n) is 2.82. The molecule has 1 aliphatic rings. The second kappa shape index (κ2) is 6.77. The van der Waals surface area contributed by atoms with E-state index >= 15 is 0 Å². The van der Waals surface area contributed by atoms with E-state index in [0.717, 1.165) is 31.5 Å². The molecule has 3 rings (SSSR count). The van der Waals surface area contributed by atoms with E-state index in [0.29, 0.717) is 29.2 Å². The van der Waals surface area contributed by atoms with Gasteiger partial charge in [0, 0.05) is 10.6 Å². The van der Waals surface area contributed by atoms with E-state index in [-0.39, 0.29) is 6.10 Å². The molecule has 0 bridgehead atoms. The first-order chi connectivity index (χ1) is 10.6. The van der Waals surface area contributed by atoms with E-state index in [2.05, 4.69) is 15.0 Å². The molecule has 0 radical (unpaired) electrons. The zero-order valence-corrected chi connectivity index (χ0v) is 13.3. The van der Waals surface area contributed by atoms with Crippen molar-refractivity contribution >= 4 is 11.6 Å². The Balaban J connectivity index is 1.59. The van der Waals surface area contributed by atoms with Crippen molar-refractivity contribution in [1.82, 2.24) is 15.0 Å². The molecule has 118 valence electrons. The van der Waals surface area contributed by atoms with Gasteiger partial charge < -0.3 is 9.63 Å². The first kappa shape index (κ1) is 15.5. The van der Waals surface area contributed by atoms with Crippen LogP contribution in [0.25, 0.3) is 11.4 Å². The van der Waals surface area contributed by atoms with E-state index in [1.807, 2.05) is 31.2 Å². The highest BCUT2D eigenvalue weighted by Gasteiger charge is 2.23. The second-order valence-corrected chi connectivity index (χ2v) is 6.31. The average molecular weight is 322 g/mol. The molecule has 1 aliphatic heterocycles. The fourth-order valence-corrected chi connectivity index (χ4v) is 2.95. The number of rotatable bonds is 4. The molecule has 0 saturated carbocycles. The highest BCUT2D eigenvalue weighted by atomic mass is 35.5. The highest BCUT2D eigenvalue weighted by Crippen LogP contribution is 2.23. The number of aliphatic hydroxyl groups excluding tert-OH is 1. The predicted molar refractivity (Wildman–Crippen MR) is 84.4 cm³/mol. The topological polar surface area (TPSA) is 62.4 Å². The van der Waals surface area contributed by atoms with E-state index in [1.54, 1.807) is 0 Å². The van der Waals surface area contributed by atoms with Crippen molar-refractivity contribution < 1.29 is 9.63 Å². The molecule has 1 N–H and O–H groups in total. The highest BCUT2D eigenvalue weighted by molar-refractivity contribution is 6.30. The third-order valence-electron chi connectivity index (χ3n) is 4.24. The normalized spacial score (nSPS) is 18.5. The van der Waals surface area contributed by atoms with Gasteiger partial charge in [0.15, 0.2) is 0 Å². The first-order valence-corrected chi connectivity index (χ1v) is 7.98. The monoisotopic (exact) mass is 321 g/mol. The van der Waals surface area contributed by atoms with Gasteiger partial charge in [-0.3, -0.25) is 4.90 Å². The van der Waals surface area contributed by atoms with Crippen molar-refractivity contribution in [3.63, 3.8) is 0 Å². The summed E-state index contributed by atoms with van der Waals surface area (Å²) < 4.78 is 5.34. The Morgan fingerprint density at radius 1 is 1.32 bits per heavy atom. The van der Waals surface area contributed by atoms with Crippen LogP contribution in [-0.2, 0) is 6.54 Å². The summed E-state index contributed by atoms with van der Waals surface area (Å²) in [7, 11) is 0. The van der Waals surface area contributed by atoms with Gasteiger partial charge in [-0.05, 0) is 63.0 Å². The van der Waals surface area contributed by atoms with E-state index in [4.69, 9.17) is 16.1 Å². The van der Waals surface area contributed by atoms with Gasteiger partial charge in [0.2, 0.25) is 11.7 Å². The zero-order valence-electron chi connectivity index (χ0n) is 12.6. The molecule has 1 atom stereocenters. The molecule has 1 aromatic heterocycles. The number of halogens is 1. The summed E-state index contributed by atoms with van der Waals surface area (Å²) in [5.41, 5.74) is 0.896. The molecule has 2 aromatic rings. The molecular formula is C16H20ClN3O2. The maximum Gasteiger partial charge on any atom is 0.241 e. The number of likely N-dealkylation sites (tertiary alicyclic amines) is 1. The van der Waals surface area contributed by atoms with Gasteiger partial charge in [-0.15, -0.1) is 0 Å². The predicted octanol–water partition coefficient (Wildman–Crippen LogP) is 2.98. The van der Waals surface area contributed by atoms with Gasteiger partial charge in [0.05, 0.1) is 12.6 Å². The van der Waals surface area contributed by atoms with Crippen molar-refractivity contribution in [2.24, 2.45) is 5.92 Å². The van der Waals surface area contributed by atoms with Crippen LogP contribution >= 0.6 is 11.6 Å². The minimum atomic E-state index is -0.220. The number of hydrogen-bond donors (Lipinski definition) is 1. The molecule has 1 fully saturated rings. The molecule has 6 heteroatoms. The molecular weight excluding hydrogens is 302 g/mol. The Bertz CT molecular complexity index is 604. The summed E-state index contributed by atoms with van der Waals surface area (Å²) >= 11 is 5.88. The van der Waals surface area contributed by atoms with E-state index in [1.165, 1.54) is 0 Å². The van der Waals surface area contributed by atoms with Crippen LogP contribution in [0.2, 0.25) is 5.02 Å². The van der Waals surface area contributed by atoms with E-state index < -0.39 is 0 Å². The van der Waals surface area contributed by atoms with Crippen molar-refractivity contribution in [3.8, 4) is 11.4 Å². The SMILES string of the molecule is CC(O)C1CCN(Cc2nc(-c3ccc(Cl)cc3)no2)CC1. The Hall–Kier alpha value is -1.43. The van der Waals surface area contributed by atoms with Crippen LogP contribution in [0.3, 0.4) is 0 Å². The number of benzene rings is 1. The van der Waals surface area contributed by atoms with Crippen molar-refractivity contribution in [3.05, 3.63) is 35.2 Å². The number of aliphatic hydroxyl groups is 1. The molecule has 2 heterocycles. The Kier molecular flexibility index (Phi) is 4.76. The minimum absolute atomic E-state index is 0.220. The van der Waals surface area contributed by atoms with Crippen molar-refractivity contribution in [2.75, 3.05) is 13.1 Å². The van der Waals surface area contributed by atoms with Gasteiger partial charge in [0.1, 0.15) is 0 Å². The van der Waals surface area contributed by atoms with Crippen LogP contribution in [0.15, 0.2) is 28.8 Å². The summed E-state index contributed by atoms with van der Waals surface area (Å²) in [5.74, 6) is 1.62. The van der Waals surface area contributed by atoms with Crippen LogP contribution in [0.5, 0.6) is 0 Å². The second-order valence-electron chi connectivity index (χ2n) is 5.87. The molecule has 22 heavy (non-hydrogen) atoms. The smallest absolute Gasteiger partial charge is 0.241 e. The maximum absolute atomic E-state index is 9.63. The zero-order chi connectivity index (χ0) is 15.5. The molecule has 1 unspecified atom stereocenters. The lowest BCUT2D eigenvalue weighted by Gasteiger charge is -2.32. The fraction of sp³-hybridized carbons (Fsp3) is 0.500. The standard InChI is InChI=1S/C16H20ClN3O2/c1-11(21)12-6-8-20(9-7-12)10-15-18-16(19-22-15)13-2-4-14(17)5-3-13/h2-5,11-12,21H,6-10H2,1H3. The summed E-state index contributed by atoms with van der Waals surface area (Å²) in [5, 5.41) is 14.4. The molecule has 0 amide bonds. The number of piperidine rings is 1. The molecule has 0 spiro atoms. The maximum atomic E-state index is 9.63. The lowest BCUT2D eigenvalue weighted by Crippen LogP contribution is -2.36. The molecule has 1 aromatic carbocycles. The van der Waals surface area contributed by atoms with Crippen LogP contribution in [-0.4, -0.2) is 39.3 Å². The van der Waals surface area contributed by atoms with Crippen LogP contribution in [0.4, 0.5) is 0 Å². The van der Waals surface area contributed by atoms with Crippen LogP contribution in [0.1, 0.15) is 25.7 Å². The Labute approximate surface area is 134 Å². The summed E-state index contributed by atoms with van der Waals surface area (Å²) in [6, 6.07) is 7.39. The largest absolute Gasteiger partial charge is 0.393 e. The van der Waals surface area contributed by atoms with Gasteiger partial charge in [-0.1, -0.05) is 16.8 Å². The van der Waals surface area contributed by atoms with Crippen molar-refractivity contribution in [1.29, 1.82) is 0 Å². The molecule has 1 saturated heterocycles. The quantitative estimate of drug-likeness (QED) is 0.938. The van der Waals surface area contributed by atoms with Gasteiger partial charge in [-0.25, -0.2) is 0 Å². The van der Waals surface area contributed by atoms with E-state index in [9.17, 15) is 5.11 Å². The lowest BCUT2D eigenvalue weighted by atomic mass is 9.92. The lowest BCUT2D eigenvalue weighted by molar-refractivity contribution is 0.0660. The molecule has 5 nitrogen and oxygen atoms in total. The summed E-state index contributed by atoms with van der Waals surface area (Å²) in [6.07, 6.45) is 1.80. The Morgan fingerprint density at radius 3 is 2.64 bits per heavy atom. The number of aromatic nitrogens is 2. The summed E-state index contributed by atoms with van der Waals surface area (Å²) in [4.78, 5) is 6.74. The van der Waals surface area contributed by atoms with Crippen LogP contribution in [0, 0.1) is 5.92 Å². The van der Waals surface area contributed by atoms with Crippen molar-refractivity contribution in [2.45, 2.75) is 32.4 Å². The van der Waals surface area contributed by atoms with Crippen LogP contribution < -0.4 is 0 Å². The Morgan fingerprint density at radius 2 is 2.00 bits per heavy atom. The third kappa shape index (κ3) is 3.66. The van der Waals surface area contributed by atoms with Gasteiger partial charge in [0.25, 0.3) is 0 Å². The average Bonchev–Trinajstić information content (AvgIpc) is 2.97. The number of hydrogen-bond acceptors (Lipinski definition) is 5. The third-order valence-corrected chi connectivity index (χ3v) is 4.50. The van der Waals surface area contributed by atoms with Gasteiger partial charge >= 0.3 is 0 Å². The molecule has 0 aliphatic carbocycles. The summed E-state index contributed by atoms with van der Waals surface area (Å²) in [6.45, 7) is 4.44.